The van der Waals surface area contributed by atoms with Crippen molar-refractivity contribution < 1.29 is 13.2 Å². The first-order valence-electron chi connectivity index (χ1n) is 11.6. The molecule has 3 aromatic rings. The summed E-state index contributed by atoms with van der Waals surface area (Å²) in [7, 11) is 0. The van der Waals surface area contributed by atoms with E-state index in [1.807, 2.05) is 36.4 Å². The number of unbranched alkanes of at least 4 members (excludes halogenated alkanes) is 3. The van der Waals surface area contributed by atoms with Crippen molar-refractivity contribution in [1.29, 1.82) is 0 Å². The van der Waals surface area contributed by atoms with E-state index in [1.165, 1.54) is 18.4 Å². The Kier molecular flexibility index (Phi) is 8.69. The average Bonchev–Trinajstić information content (AvgIpc) is 2.79. The molecule has 0 aliphatic rings. The molecule has 1 aromatic heterocycles. The summed E-state index contributed by atoms with van der Waals surface area (Å²) >= 11 is 0. The summed E-state index contributed by atoms with van der Waals surface area (Å²) in [6.07, 6.45) is 3.50. The van der Waals surface area contributed by atoms with Crippen LogP contribution in [0.3, 0.4) is 0 Å². The maximum Gasteiger partial charge on any atom is 0.421 e. The molecule has 0 radical (unpaired) electrons. The van der Waals surface area contributed by atoms with Crippen LogP contribution in [0.15, 0.2) is 54.7 Å². The van der Waals surface area contributed by atoms with Crippen molar-refractivity contribution in [3.05, 3.63) is 71.4 Å². The van der Waals surface area contributed by atoms with E-state index in [2.05, 4.69) is 34.4 Å². The topological polar surface area (TPSA) is 49.8 Å². The summed E-state index contributed by atoms with van der Waals surface area (Å²) < 4.78 is 40.9. The van der Waals surface area contributed by atoms with Gasteiger partial charge in [0.25, 0.3) is 0 Å². The lowest BCUT2D eigenvalue weighted by Crippen LogP contribution is -2.13. The molecule has 7 heteroatoms. The van der Waals surface area contributed by atoms with Crippen LogP contribution >= 0.6 is 0 Å². The number of nitrogens with one attached hydrogen (secondary N) is 2. The number of rotatable bonds is 11. The number of aromatic nitrogens is 2. The molecule has 0 fully saturated rings. The van der Waals surface area contributed by atoms with Crippen LogP contribution in [0.5, 0.6) is 0 Å². The van der Waals surface area contributed by atoms with Gasteiger partial charge in [-0.25, -0.2) is 4.98 Å². The third-order valence-corrected chi connectivity index (χ3v) is 5.44. The highest BCUT2D eigenvalue weighted by Gasteiger charge is 2.35. The number of nitrogens with zero attached hydrogens (tertiary/aromatic N) is 2. The van der Waals surface area contributed by atoms with Crippen LogP contribution in [0.25, 0.3) is 0 Å². The zero-order valence-corrected chi connectivity index (χ0v) is 19.2. The summed E-state index contributed by atoms with van der Waals surface area (Å²) in [5.41, 5.74) is 2.64. The third kappa shape index (κ3) is 7.20. The molecule has 0 saturated heterocycles. The molecule has 0 aliphatic carbocycles. The molecule has 4 nitrogen and oxygen atoms in total. The highest BCUT2D eigenvalue weighted by atomic mass is 19.4. The van der Waals surface area contributed by atoms with E-state index in [0.717, 1.165) is 49.6 Å². The van der Waals surface area contributed by atoms with Crippen molar-refractivity contribution in [3.63, 3.8) is 0 Å². The predicted molar refractivity (Wildman–Crippen MR) is 128 cm³/mol. The molecule has 176 valence electrons. The molecule has 33 heavy (non-hydrogen) atoms. The van der Waals surface area contributed by atoms with E-state index >= 15 is 0 Å². The number of hydrogen-bond acceptors (Lipinski definition) is 4. The second-order valence-corrected chi connectivity index (χ2v) is 8.12. The summed E-state index contributed by atoms with van der Waals surface area (Å²) in [6.45, 7) is 4.25. The van der Waals surface area contributed by atoms with E-state index in [4.69, 9.17) is 0 Å². The number of alkyl halides is 3. The molecule has 0 spiro atoms. The Morgan fingerprint density at radius 1 is 0.818 bits per heavy atom. The third-order valence-electron chi connectivity index (χ3n) is 5.44. The number of anilines is 4. The van der Waals surface area contributed by atoms with Gasteiger partial charge in [0.05, 0.1) is 0 Å². The second kappa shape index (κ2) is 11.7. The van der Waals surface area contributed by atoms with Gasteiger partial charge in [0.2, 0.25) is 5.95 Å². The lowest BCUT2D eigenvalue weighted by atomic mass is 10.1. The van der Waals surface area contributed by atoms with Crippen molar-refractivity contribution >= 4 is 23.1 Å². The monoisotopic (exact) mass is 456 g/mol. The molecule has 1 heterocycles. The van der Waals surface area contributed by atoms with Crippen LogP contribution in [0.4, 0.5) is 36.3 Å². The first-order chi connectivity index (χ1) is 15.9. The number of aryl methyl sites for hydroxylation is 2. The van der Waals surface area contributed by atoms with Crippen LogP contribution in [-0.4, -0.2) is 9.97 Å². The molecular formula is C26H31F3N4. The zero-order chi connectivity index (χ0) is 23.7. The molecule has 0 unspecified atom stereocenters. The highest BCUT2D eigenvalue weighted by Crippen LogP contribution is 2.36. The smallest absolute Gasteiger partial charge is 0.339 e. The standard InChI is InChI=1S/C26H31F3N4/c1-3-5-7-10-19-14-16-21(17-15-19)31-25-30-18-22(26(27,28)29)24(33-25)32-23-13-9-8-12-20(23)11-6-4-2/h8-9,12-18H,3-7,10-11H2,1-2H3,(H2,30,31,32,33). The minimum Gasteiger partial charge on any atom is -0.339 e. The van der Waals surface area contributed by atoms with Crippen molar-refractivity contribution in [2.24, 2.45) is 0 Å². The van der Waals surface area contributed by atoms with Crippen molar-refractivity contribution in [3.8, 4) is 0 Å². The van der Waals surface area contributed by atoms with Crippen molar-refractivity contribution in [2.45, 2.75) is 65.0 Å². The fourth-order valence-electron chi connectivity index (χ4n) is 3.56. The predicted octanol–water partition coefficient (Wildman–Crippen LogP) is 8.06. The zero-order valence-electron chi connectivity index (χ0n) is 19.2. The van der Waals surface area contributed by atoms with Gasteiger partial charge in [-0.2, -0.15) is 18.2 Å². The molecular weight excluding hydrogens is 425 g/mol. The fraction of sp³-hybridized carbons (Fsp3) is 0.385. The molecule has 2 aromatic carbocycles. The van der Waals surface area contributed by atoms with Crippen LogP contribution in [0.1, 0.15) is 62.6 Å². The summed E-state index contributed by atoms with van der Waals surface area (Å²) in [6, 6.07) is 15.2. The van der Waals surface area contributed by atoms with Crippen LogP contribution in [0, 0.1) is 0 Å². The van der Waals surface area contributed by atoms with Gasteiger partial charge in [-0.3, -0.25) is 0 Å². The summed E-state index contributed by atoms with van der Waals surface area (Å²) in [4.78, 5) is 8.10. The average molecular weight is 457 g/mol. The lowest BCUT2D eigenvalue weighted by Gasteiger charge is -2.17. The lowest BCUT2D eigenvalue weighted by molar-refractivity contribution is -0.137. The van der Waals surface area contributed by atoms with Crippen molar-refractivity contribution in [2.75, 3.05) is 10.6 Å². The van der Waals surface area contributed by atoms with Gasteiger partial charge in [0, 0.05) is 17.6 Å². The van der Waals surface area contributed by atoms with Gasteiger partial charge in [-0.1, -0.05) is 63.4 Å². The number of halogens is 3. The Morgan fingerprint density at radius 2 is 1.55 bits per heavy atom. The van der Waals surface area contributed by atoms with E-state index in [9.17, 15) is 13.2 Å². The van der Waals surface area contributed by atoms with E-state index in [0.29, 0.717) is 5.69 Å². The Hall–Kier alpha value is -3.09. The van der Waals surface area contributed by atoms with Crippen molar-refractivity contribution in [1.82, 2.24) is 9.97 Å². The summed E-state index contributed by atoms with van der Waals surface area (Å²) in [5.74, 6) is -0.157. The first-order valence-corrected chi connectivity index (χ1v) is 11.6. The SMILES string of the molecule is CCCCCc1ccc(Nc2ncc(C(F)(F)F)c(Nc3ccccc3CCCC)n2)cc1. The number of hydrogen-bond donors (Lipinski definition) is 2. The maximum atomic E-state index is 13.6. The largest absolute Gasteiger partial charge is 0.421 e. The minimum absolute atomic E-state index is 0.107. The fourth-order valence-corrected chi connectivity index (χ4v) is 3.56. The van der Waals surface area contributed by atoms with Gasteiger partial charge in [-0.15, -0.1) is 0 Å². The molecule has 0 amide bonds. The summed E-state index contributed by atoms with van der Waals surface area (Å²) in [5, 5.41) is 5.93. The molecule has 0 bridgehead atoms. The van der Waals surface area contributed by atoms with E-state index in [-0.39, 0.29) is 11.8 Å². The van der Waals surface area contributed by atoms with Crippen LogP contribution in [0.2, 0.25) is 0 Å². The van der Waals surface area contributed by atoms with Gasteiger partial charge >= 0.3 is 6.18 Å². The van der Waals surface area contributed by atoms with Crippen LogP contribution in [-0.2, 0) is 19.0 Å². The van der Waals surface area contributed by atoms with Gasteiger partial charge in [-0.05, 0) is 55.0 Å². The Labute approximate surface area is 193 Å². The molecule has 0 saturated carbocycles. The van der Waals surface area contributed by atoms with Gasteiger partial charge < -0.3 is 10.6 Å². The first kappa shape index (κ1) is 24.6. The van der Waals surface area contributed by atoms with E-state index < -0.39 is 11.7 Å². The van der Waals surface area contributed by atoms with E-state index in [1.54, 1.807) is 12.1 Å². The maximum absolute atomic E-state index is 13.6. The van der Waals surface area contributed by atoms with Gasteiger partial charge in [0.15, 0.2) is 0 Å². The Bertz CT molecular complexity index is 1020. The number of para-hydroxylation sites is 1. The quantitative estimate of drug-likeness (QED) is 0.287. The Balaban J connectivity index is 1.82. The van der Waals surface area contributed by atoms with Gasteiger partial charge in [0.1, 0.15) is 11.4 Å². The molecule has 0 atom stereocenters. The second-order valence-electron chi connectivity index (χ2n) is 8.12. The number of benzene rings is 2. The Morgan fingerprint density at radius 3 is 2.24 bits per heavy atom. The van der Waals surface area contributed by atoms with Crippen LogP contribution < -0.4 is 10.6 Å². The minimum atomic E-state index is -4.57. The normalized spacial score (nSPS) is 11.4. The molecule has 2 N–H and O–H groups in total. The molecule has 0 aliphatic heterocycles. The highest BCUT2D eigenvalue weighted by molar-refractivity contribution is 5.65. The molecule has 3 rings (SSSR count).